The Morgan fingerprint density at radius 1 is 0.517 bits per heavy atom. The fourth-order valence-corrected chi connectivity index (χ4v) is 4.05. The van der Waals surface area contributed by atoms with E-state index < -0.39 is 0 Å². The Bertz CT molecular complexity index is 1500. The first-order valence-electron chi connectivity index (χ1n) is 9.68. The molecule has 0 aliphatic carbocycles. The summed E-state index contributed by atoms with van der Waals surface area (Å²) in [4.78, 5) is 11.3. The zero-order valence-corrected chi connectivity index (χ0v) is 15.6. The average Bonchev–Trinajstić information content (AvgIpc) is 3.43. The Morgan fingerprint density at radius 2 is 1.07 bits per heavy atom. The minimum absolute atomic E-state index is 0.905. The van der Waals surface area contributed by atoms with Crippen molar-refractivity contribution in [2.45, 2.75) is 0 Å². The first kappa shape index (κ1) is 16.0. The lowest BCUT2D eigenvalue weighted by molar-refractivity contribution is 1.28. The second-order valence-corrected chi connectivity index (χ2v) is 7.12. The molecule has 0 saturated carbocycles. The quantitative estimate of drug-likeness (QED) is 0.322. The first-order chi connectivity index (χ1) is 14.4. The molecule has 0 saturated heterocycles. The molecular formula is C25H18N4. The summed E-state index contributed by atoms with van der Waals surface area (Å²) in [6.07, 6.45) is 0. The molecule has 0 aliphatic heterocycles. The van der Waals surface area contributed by atoms with Crippen molar-refractivity contribution in [3.05, 3.63) is 97.1 Å². The lowest BCUT2D eigenvalue weighted by Gasteiger charge is -1.92. The molecule has 7 rings (SSSR count). The van der Waals surface area contributed by atoms with Crippen LogP contribution in [0.5, 0.6) is 0 Å². The third-order valence-corrected chi connectivity index (χ3v) is 5.37. The molecule has 0 atom stereocenters. The Labute approximate surface area is 166 Å². The third-order valence-electron chi connectivity index (χ3n) is 5.37. The average molecular weight is 374 g/mol. The minimum atomic E-state index is 0.905. The van der Waals surface area contributed by atoms with Gasteiger partial charge in [0.1, 0.15) is 0 Å². The van der Waals surface area contributed by atoms with Crippen LogP contribution in [0.4, 0.5) is 0 Å². The van der Waals surface area contributed by atoms with Gasteiger partial charge in [0, 0.05) is 21.8 Å². The number of H-pyrrole nitrogens is 2. The highest BCUT2D eigenvalue weighted by atomic mass is 15.1. The molecule has 0 fully saturated rings. The van der Waals surface area contributed by atoms with E-state index in [1.807, 2.05) is 30.3 Å². The van der Waals surface area contributed by atoms with E-state index >= 15 is 0 Å². The van der Waals surface area contributed by atoms with Gasteiger partial charge in [-0.1, -0.05) is 60.7 Å². The van der Waals surface area contributed by atoms with Crippen LogP contribution in [0.3, 0.4) is 0 Å². The maximum Gasteiger partial charge on any atom is 0.213 e. The van der Waals surface area contributed by atoms with E-state index in [1.54, 1.807) is 0 Å². The summed E-state index contributed by atoms with van der Waals surface area (Å²) in [6, 6.07) is 33.2. The number of nitrogens with zero attached hydrogens (tertiary/aromatic N) is 2. The van der Waals surface area contributed by atoms with Crippen LogP contribution in [0.25, 0.3) is 49.7 Å². The van der Waals surface area contributed by atoms with Gasteiger partial charge in [-0.15, -0.1) is 0 Å². The summed E-state index contributed by atoms with van der Waals surface area (Å²) in [5.41, 5.74) is 6.89. The lowest BCUT2D eigenvalue weighted by Crippen LogP contribution is -1.78. The largest absolute Gasteiger partial charge is 0.355 e. The molecule has 138 valence electrons. The second kappa shape index (κ2) is 6.24. The molecule has 0 spiro atoms. The maximum atomic E-state index is 4.56. The van der Waals surface area contributed by atoms with Crippen molar-refractivity contribution < 1.29 is 0 Å². The van der Waals surface area contributed by atoms with Crippen molar-refractivity contribution in [2.24, 2.45) is 0 Å². The number of fused-ring (bicyclic) bond motifs is 8. The van der Waals surface area contributed by atoms with E-state index in [4.69, 9.17) is 0 Å². The van der Waals surface area contributed by atoms with Crippen molar-refractivity contribution in [1.29, 1.82) is 0 Å². The van der Waals surface area contributed by atoms with E-state index in [0.29, 0.717) is 0 Å². The Kier molecular flexibility index (Phi) is 3.43. The Morgan fingerprint density at radius 3 is 1.79 bits per heavy atom. The molecule has 3 heterocycles. The number of hydrogen-bond donors (Lipinski definition) is 2. The second-order valence-electron chi connectivity index (χ2n) is 7.12. The number of benzene rings is 4. The van der Waals surface area contributed by atoms with Gasteiger partial charge >= 0.3 is 0 Å². The van der Waals surface area contributed by atoms with Crippen molar-refractivity contribution in [1.82, 2.24) is 19.4 Å². The predicted molar refractivity (Wildman–Crippen MR) is 120 cm³/mol. The zero-order valence-electron chi connectivity index (χ0n) is 15.6. The molecule has 3 aromatic heterocycles. The monoisotopic (exact) mass is 374 g/mol. The molecule has 0 unspecified atom stereocenters. The predicted octanol–water partition coefficient (Wildman–Crippen LogP) is 6.29. The van der Waals surface area contributed by atoms with E-state index in [-0.39, 0.29) is 0 Å². The van der Waals surface area contributed by atoms with E-state index in [2.05, 4.69) is 86.1 Å². The molecule has 29 heavy (non-hydrogen) atoms. The minimum Gasteiger partial charge on any atom is -0.355 e. The zero-order chi connectivity index (χ0) is 19.2. The number of hydrogen-bond acceptors (Lipinski definition) is 1. The molecule has 0 radical (unpaired) electrons. The molecule has 0 amide bonds. The molecule has 4 aromatic carbocycles. The van der Waals surface area contributed by atoms with Crippen LogP contribution >= 0.6 is 0 Å². The molecular weight excluding hydrogens is 356 g/mol. The van der Waals surface area contributed by atoms with E-state index in [0.717, 1.165) is 22.3 Å². The standard InChI is InChI=1S/C13H9N3.C12H9N/c1-3-7-11-9(5-1)14-13-15-10-6-2-4-8-12(10)16(11)13;1-3-7-11-9(5-1)10-6-2-4-8-12(10)13-11/h1-8H,(H,14,15);1-8,13H. The number of imidazole rings is 2. The van der Waals surface area contributed by atoms with Crippen molar-refractivity contribution in [3.63, 3.8) is 0 Å². The number of para-hydroxylation sites is 6. The fraction of sp³-hybridized carbons (Fsp3) is 0. The number of nitrogens with one attached hydrogen (secondary N) is 2. The fourth-order valence-electron chi connectivity index (χ4n) is 4.05. The maximum absolute atomic E-state index is 4.56. The summed E-state index contributed by atoms with van der Waals surface area (Å²) >= 11 is 0. The van der Waals surface area contributed by atoms with Crippen LogP contribution in [0.15, 0.2) is 97.1 Å². The Hall–Kier alpha value is -4.05. The topological polar surface area (TPSA) is 48.9 Å². The first-order valence-corrected chi connectivity index (χ1v) is 9.68. The summed E-state index contributed by atoms with van der Waals surface area (Å²) in [5, 5.41) is 2.61. The normalized spacial score (nSPS) is 11.4. The highest BCUT2D eigenvalue weighted by Gasteiger charge is 2.08. The SMILES string of the molecule is c1ccc2c(c1)[nH]c1ccccc12.c1ccc2c(c1)nc1[nH]c3ccccc3n12. The van der Waals surface area contributed by atoms with Gasteiger partial charge in [0.2, 0.25) is 5.78 Å². The summed E-state index contributed by atoms with van der Waals surface area (Å²) in [6.45, 7) is 0. The van der Waals surface area contributed by atoms with Crippen LogP contribution in [-0.4, -0.2) is 19.4 Å². The molecule has 0 bridgehead atoms. The summed E-state index contributed by atoms with van der Waals surface area (Å²) < 4.78 is 2.16. The van der Waals surface area contributed by atoms with Gasteiger partial charge in [0.05, 0.1) is 22.1 Å². The van der Waals surface area contributed by atoms with Gasteiger partial charge in [-0.25, -0.2) is 4.98 Å². The van der Waals surface area contributed by atoms with Crippen molar-refractivity contribution in [2.75, 3.05) is 0 Å². The lowest BCUT2D eigenvalue weighted by atomic mass is 10.2. The van der Waals surface area contributed by atoms with Gasteiger partial charge in [-0.3, -0.25) is 4.40 Å². The molecule has 7 aromatic rings. The smallest absolute Gasteiger partial charge is 0.213 e. The molecule has 2 N–H and O–H groups in total. The highest BCUT2D eigenvalue weighted by Crippen LogP contribution is 2.24. The van der Waals surface area contributed by atoms with Gasteiger partial charge in [-0.05, 0) is 36.4 Å². The van der Waals surface area contributed by atoms with Gasteiger partial charge in [0.25, 0.3) is 0 Å². The molecule has 4 nitrogen and oxygen atoms in total. The highest BCUT2D eigenvalue weighted by molar-refractivity contribution is 6.07. The van der Waals surface area contributed by atoms with Crippen LogP contribution in [-0.2, 0) is 0 Å². The summed E-state index contributed by atoms with van der Waals surface area (Å²) in [5.74, 6) is 0.905. The van der Waals surface area contributed by atoms with Crippen LogP contribution in [0, 0.1) is 0 Å². The molecule has 4 heteroatoms. The number of aromatic nitrogens is 4. The van der Waals surface area contributed by atoms with E-state index in [1.165, 1.54) is 27.3 Å². The van der Waals surface area contributed by atoms with Crippen LogP contribution in [0.2, 0.25) is 0 Å². The summed E-state index contributed by atoms with van der Waals surface area (Å²) in [7, 11) is 0. The van der Waals surface area contributed by atoms with Gasteiger partial charge in [-0.2, -0.15) is 0 Å². The van der Waals surface area contributed by atoms with E-state index in [9.17, 15) is 0 Å². The number of rotatable bonds is 0. The van der Waals surface area contributed by atoms with Gasteiger partial charge in [0.15, 0.2) is 0 Å². The van der Waals surface area contributed by atoms with Crippen molar-refractivity contribution >= 4 is 49.7 Å². The van der Waals surface area contributed by atoms with Crippen molar-refractivity contribution in [3.8, 4) is 0 Å². The number of aromatic amines is 2. The van der Waals surface area contributed by atoms with Crippen LogP contribution in [0.1, 0.15) is 0 Å². The van der Waals surface area contributed by atoms with Crippen LogP contribution < -0.4 is 0 Å². The molecule has 0 aliphatic rings. The third kappa shape index (κ3) is 2.50. The van der Waals surface area contributed by atoms with Gasteiger partial charge < -0.3 is 9.97 Å². The Balaban J connectivity index is 0.000000117.